The SMILES string of the molecule is C[Si](C)(C)[C-]=c1c(=[C-][Si](C)(C)C)c2ccc(cc2)c2ccc(nc2)c2ccc(cn2)c2ccc(cc2)c(=[C-][Si](C)(C)C)c(=[C-][Si](C)(C)C)c2ccc(cc2)c2ccc(nc2)c2ccc(cn2)c2ccc(cc2)c(=[C-][Si](C)(C)C)c(=[C-][Si](C)(C)C)c2ccc(cc2)c2ccc(nc2)c2ccc(cn2)c2ccc1cc2.[CH]1[CH][CH][CH][CH]1.[CH]1[CH][CH][CH][CH]1.[CH]1[CH][CH][CH][CH]1.[CH]1[CH][CH][CH][CH]1.[CH]1[CH][CH][CH][CH]1.[CH]1[CH][CH][CH][CH]1.[Zr+4].[Zr+4].[Zr+4]. The second kappa shape index (κ2) is 56.0. The number of nitrogens with zero attached hydrogens (tertiary/aromatic N) is 6. The van der Waals surface area contributed by atoms with Crippen molar-refractivity contribution in [2.75, 3.05) is 0 Å². The van der Waals surface area contributed by atoms with Crippen LogP contribution in [0.4, 0.5) is 0 Å². The van der Waals surface area contributed by atoms with Gasteiger partial charge in [-0.25, -0.2) is 0 Å². The molecule has 24 bridgehead atoms. The van der Waals surface area contributed by atoms with Crippen molar-refractivity contribution in [2.24, 2.45) is 0 Å². The third-order valence-corrected chi connectivity index (χ3v) is 27.5. The summed E-state index contributed by atoms with van der Waals surface area (Å²) in [4.78, 5) is 29.9. The minimum Gasteiger partial charge on any atom is -0.297 e. The quantitative estimate of drug-likeness (QED) is 0.122. The van der Waals surface area contributed by atoms with Gasteiger partial charge in [-0.15, -0.1) is 72.8 Å². The fourth-order valence-corrected chi connectivity index (χ4v) is 21.2. The van der Waals surface area contributed by atoms with E-state index in [1.165, 1.54) is 0 Å². The van der Waals surface area contributed by atoms with E-state index in [1.54, 1.807) is 0 Å². The first-order valence-electron chi connectivity index (χ1n) is 47.5. The molecule has 0 amide bonds. The van der Waals surface area contributed by atoms with Gasteiger partial charge in [-0.3, -0.25) is 95.4 Å². The van der Waals surface area contributed by atoms with E-state index in [4.69, 9.17) is 29.9 Å². The molecule has 18 heterocycles. The number of benzene rings is 6. The van der Waals surface area contributed by atoms with Crippen LogP contribution in [0.1, 0.15) is 0 Å². The number of rotatable bonds is 6. The predicted octanol–water partition coefficient (Wildman–Crippen LogP) is 28.0. The van der Waals surface area contributed by atoms with E-state index < -0.39 is 48.4 Å². The van der Waals surface area contributed by atoms with Gasteiger partial charge in [0.2, 0.25) is 0 Å². The van der Waals surface area contributed by atoms with E-state index in [0.717, 1.165) is 161 Å². The van der Waals surface area contributed by atoms with Gasteiger partial charge in [0.15, 0.2) is 0 Å². The van der Waals surface area contributed by atoms with Gasteiger partial charge in [0, 0.05) is 37.2 Å². The van der Waals surface area contributed by atoms with E-state index in [0.29, 0.717) is 0 Å². The summed E-state index contributed by atoms with van der Waals surface area (Å²) in [5, 5.41) is 26.2. The van der Waals surface area contributed by atoms with Gasteiger partial charge in [0.05, 0.1) is 33.1 Å². The maximum absolute atomic E-state index is 4.98. The van der Waals surface area contributed by atoms with Crippen molar-refractivity contribution in [1.82, 2.24) is 29.9 Å². The number of hydrogen-bond acceptors (Lipinski definition) is 6. The van der Waals surface area contributed by atoms with Crippen LogP contribution >= 0.6 is 0 Å². The largest absolute Gasteiger partial charge is 4.00 e. The molecule has 0 atom stereocenters. The Hall–Kier alpha value is -7.39. The maximum atomic E-state index is 4.98. The molecular formula is C126H126N6Si6Zr3+6. The first-order chi connectivity index (χ1) is 66.2. The molecule has 141 heavy (non-hydrogen) atoms. The van der Waals surface area contributed by atoms with Gasteiger partial charge in [0.25, 0.3) is 0 Å². The minimum atomic E-state index is -1.89. The molecule has 6 aliphatic rings. The first-order valence-corrected chi connectivity index (χ1v) is 68.5. The molecule has 690 valence electrons. The zero-order chi connectivity index (χ0) is 97.7. The topological polar surface area (TPSA) is 77.3 Å². The number of aromatic nitrogens is 6. The van der Waals surface area contributed by atoms with E-state index in [1.807, 2.05) is 230 Å². The van der Waals surface area contributed by atoms with E-state index in [9.17, 15) is 0 Å². The van der Waals surface area contributed by atoms with Crippen LogP contribution in [0.3, 0.4) is 0 Å². The van der Waals surface area contributed by atoms with Crippen LogP contribution < -0.4 is 31.3 Å². The van der Waals surface area contributed by atoms with Crippen molar-refractivity contribution in [2.45, 2.75) is 118 Å². The van der Waals surface area contributed by atoms with E-state index in [-0.39, 0.29) is 78.6 Å². The Morgan fingerprint density at radius 2 is 0.206 bits per heavy atom. The predicted molar refractivity (Wildman–Crippen MR) is 616 cm³/mol. The molecule has 0 spiro atoms. The summed E-state index contributed by atoms with van der Waals surface area (Å²) in [6.07, 6.45) is 71.8. The van der Waals surface area contributed by atoms with Gasteiger partial charge >= 0.3 is 78.6 Å². The van der Waals surface area contributed by atoms with Crippen LogP contribution in [0.15, 0.2) is 256 Å². The summed E-state index contributed by atoms with van der Waals surface area (Å²) in [5.74, 6) is 0. The molecule has 6 fully saturated rings. The molecule has 0 N–H and O–H groups in total. The molecule has 0 aliphatic heterocycles. The third-order valence-electron chi connectivity index (χ3n) is 21.5. The molecule has 6 saturated carbocycles. The van der Waals surface area contributed by atoms with Crippen LogP contribution in [0.5, 0.6) is 0 Å². The van der Waals surface area contributed by atoms with E-state index in [2.05, 4.69) is 370 Å². The standard InChI is InChI=1S/C96H96N6Si6.6C5H5.3Zr/c1-103(2,3)61-85-73-31-19-67(20-32-73)79-43-49-91(97-55-79)93-51-45-81(57-99-93)69-23-35-75(36-24-69)87(63-105(7,8)9)89(65-107(13,14)15)77-39-27-71(28-40-77)83-47-53-95(101-59-83)96-54-48-84(60-102-96)72-29-41-78(42-30-72)90(66-108(16,17)18)88(64-106(10,11)12)76-37-25-70(26-38-76)82-46-52-94(100-58-82)92-50-44-80(56-98-92)68-21-33-74(34-22-68)86(85)62-104(4,5)6;6*1-2-4-5-3-1;;;/h19-60H,1-18H3;6*1-5H;;;/q-6;;;;;;;3*+4. The van der Waals surface area contributed by atoms with Crippen molar-refractivity contribution in [3.05, 3.63) is 480 Å². The van der Waals surface area contributed by atoms with Crippen molar-refractivity contribution < 1.29 is 78.6 Å². The first kappa shape index (κ1) is 116. The van der Waals surface area contributed by atoms with Crippen LogP contribution in [-0.2, 0) is 78.6 Å². The molecule has 31 aromatic rings. The zero-order valence-corrected chi connectivity index (χ0v) is 98.1. The Kier molecular flexibility index (Phi) is 45.8. The van der Waals surface area contributed by atoms with Gasteiger partial charge in [-0.2, -0.15) is 32.3 Å². The summed E-state index contributed by atoms with van der Waals surface area (Å²) in [5.41, 5.74) is 29.4. The van der Waals surface area contributed by atoms with Crippen molar-refractivity contribution in [3.63, 3.8) is 0 Å². The molecule has 6 nitrogen and oxygen atoms in total. The Morgan fingerprint density at radius 1 is 0.121 bits per heavy atom. The van der Waals surface area contributed by atoms with Crippen molar-refractivity contribution >= 4 is 213 Å². The molecule has 18 aromatic heterocycles. The van der Waals surface area contributed by atoms with Crippen LogP contribution in [-0.4, -0.2) is 78.3 Å². The van der Waals surface area contributed by atoms with Gasteiger partial charge < -0.3 is 0 Å². The Labute approximate surface area is 909 Å². The van der Waals surface area contributed by atoms with Gasteiger partial charge in [0.1, 0.15) is 0 Å². The molecule has 30 radical (unpaired) electrons. The molecular weight excluding hydrogens is 2040 g/mol. The van der Waals surface area contributed by atoms with Gasteiger partial charge in [-0.1, -0.05) is 227 Å². The number of pyridine rings is 6. The Bertz CT molecular complexity index is 5910. The Balaban J connectivity index is 0.000000526. The fourth-order valence-electron chi connectivity index (χ4n) is 15.1. The minimum absolute atomic E-state index is 0. The normalized spacial score (nSPS) is 15.5. The van der Waals surface area contributed by atoms with E-state index >= 15 is 0 Å². The third kappa shape index (κ3) is 37.8. The average Bonchev–Trinajstić information content (AvgIpc) is 1.14. The molecule has 6 aliphatic carbocycles. The Morgan fingerprint density at radius 3 is 0.284 bits per heavy atom. The average molecular weight is 2170 g/mol. The van der Waals surface area contributed by atoms with Crippen LogP contribution in [0.2, 0.25) is 118 Å². The second-order valence-electron chi connectivity index (χ2n) is 40.3. The van der Waals surface area contributed by atoms with Gasteiger partial charge in [-0.05, 0) is 342 Å². The molecule has 15 heteroatoms. The second-order valence-corrected chi connectivity index (χ2v) is 68.8. The maximum Gasteiger partial charge on any atom is 4.00 e. The summed E-state index contributed by atoms with van der Waals surface area (Å²) in [6.45, 7) is 42.4. The molecule has 37 rings (SSSR count). The number of hydrogen-bond donors (Lipinski definition) is 0. The van der Waals surface area contributed by atoms with Crippen LogP contribution in [0.25, 0.3) is 164 Å². The molecule has 0 unspecified atom stereocenters. The summed E-state index contributed by atoms with van der Waals surface area (Å²) < 4.78 is 0. The van der Waals surface area contributed by atoms with Crippen LogP contribution in [0, 0.1) is 193 Å². The summed E-state index contributed by atoms with van der Waals surface area (Å²) >= 11 is 0. The van der Waals surface area contributed by atoms with Crippen molar-refractivity contribution in [3.8, 4) is 0 Å². The smallest absolute Gasteiger partial charge is 0.297 e. The fraction of sp³-hybridized carbons (Fsp3) is 0.143. The monoisotopic (exact) mass is 2160 g/mol. The van der Waals surface area contributed by atoms with Crippen molar-refractivity contribution in [1.29, 1.82) is 0 Å². The molecule has 13 aromatic carbocycles. The summed E-state index contributed by atoms with van der Waals surface area (Å²) in [7, 11) is -11.3. The summed E-state index contributed by atoms with van der Waals surface area (Å²) in [6, 6.07) is 78.9. The molecule has 0 saturated heterocycles. The zero-order valence-electron chi connectivity index (χ0n) is 84.8.